The molecule has 0 fully saturated rings. The summed E-state index contributed by atoms with van der Waals surface area (Å²) in [5.74, 6) is 0.737. The maximum absolute atomic E-state index is 13.2. The third-order valence-electron chi connectivity index (χ3n) is 5.73. The van der Waals surface area contributed by atoms with E-state index in [1.807, 2.05) is 0 Å². The number of halogens is 4. The van der Waals surface area contributed by atoms with Crippen molar-refractivity contribution in [2.75, 3.05) is 18.0 Å². The van der Waals surface area contributed by atoms with Gasteiger partial charge in [0, 0.05) is 24.1 Å². The molecule has 2 aromatic rings. The lowest BCUT2D eigenvalue weighted by Crippen LogP contribution is -3.00. The van der Waals surface area contributed by atoms with Gasteiger partial charge in [0.2, 0.25) is 0 Å². The van der Waals surface area contributed by atoms with Crippen molar-refractivity contribution in [2.24, 2.45) is 0 Å². The van der Waals surface area contributed by atoms with E-state index in [2.05, 4.69) is 0 Å². The average Bonchev–Trinajstić information content (AvgIpc) is 2.86. The fraction of sp³-hybridized carbons (Fsp3) is 0.381. The Balaban J connectivity index is 0.00000272. The van der Waals surface area contributed by atoms with Crippen LogP contribution >= 0.6 is 0 Å². The van der Waals surface area contributed by atoms with Crippen LogP contribution in [0.1, 0.15) is 36.8 Å². The zero-order chi connectivity index (χ0) is 21.5. The minimum atomic E-state index is -4.47. The minimum Gasteiger partial charge on any atom is -1.00 e. The van der Waals surface area contributed by atoms with Crippen LogP contribution in [0.5, 0.6) is 0 Å². The van der Waals surface area contributed by atoms with Crippen LogP contribution in [0.4, 0.5) is 24.5 Å². The van der Waals surface area contributed by atoms with Gasteiger partial charge in [-0.2, -0.15) is 13.2 Å². The molecule has 2 heterocycles. The number of nitro groups is 1. The summed E-state index contributed by atoms with van der Waals surface area (Å²) >= 11 is 0. The van der Waals surface area contributed by atoms with Gasteiger partial charge in [0.15, 0.2) is 6.54 Å². The van der Waals surface area contributed by atoms with Gasteiger partial charge >= 0.3 is 6.18 Å². The maximum Gasteiger partial charge on any atom is 0.416 e. The molecule has 0 saturated heterocycles. The van der Waals surface area contributed by atoms with Crippen LogP contribution in [0.3, 0.4) is 0 Å². The Bertz CT molecular complexity index is 1030. The van der Waals surface area contributed by atoms with Crippen molar-refractivity contribution in [2.45, 2.75) is 37.6 Å². The number of benzene rings is 2. The fourth-order valence-electron chi connectivity index (χ4n) is 4.28. The van der Waals surface area contributed by atoms with Crippen molar-refractivity contribution in [1.29, 1.82) is 0 Å². The molecule has 0 aromatic heterocycles. The van der Waals surface area contributed by atoms with Gasteiger partial charge in [-0.25, -0.2) is 9.48 Å². The van der Waals surface area contributed by atoms with Crippen molar-refractivity contribution in [3.63, 3.8) is 0 Å². The fourth-order valence-corrected chi connectivity index (χ4v) is 4.28. The van der Waals surface area contributed by atoms with Gasteiger partial charge in [0.1, 0.15) is 5.69 Å². The summed E-state index contributed by atoms with van der Waals surface area (Å²) in [5.41, 5.74) is -1.78. The highest BCUT2D eigenvalue weighted by atomic mass is 79.9. The zero-order valence-corrected chi connectivity index (χ0v) is 18.1. The Morgan fingerprint density at radius 1 is 1.10 bits per heavy atom. The molecule has 1 N–H and O–H groups in total. The van der Waals surface area contributed by atoms with Crippen molar-refractivity contribution in [1.82, 2.24) is 0 Å². The highest BCUT2D eigenvalue weighted by Gasteiger charge is 2.52. The second-order valence-electron chi connectivity index (χ2n) is 7.64. The number of non-ortho nitro benzene ring substituents is 1. The Morgan fingerprint density at radius 3 is 2.55 bits per heavy atom. The van der Waals surface area contributed by atoms with Gasteiger partial charge in [0.05, 0.1) is 17.0 Å². The average molecular weight is 500 g/mol. The highest BCUT2D eigenvalue weighted by Crippen LogP contribution is 2.38. The molecule has 2 aromatic carbocycles. The van der Waals surface area contributed by atoms with E-state index in [0.29, 0.717) is 24.2 Å². The lowest BCUT2D eigenvalue weighted by molar-refractivity contribution is -0.658. The lowest BCUT2D eigenvalue weighted by atomic mass is 10.0. The van der Waals surface area contributed by atoms with E-state index < -0.39 is 22.4 Å². The van der Waals surface area contributed by atoms with Crippen LogP contribution < -0.4 is 21.9 Å². The standard InChI is InChI=1S/C21H21F3N3O3.BrH/c22-21(23,24)16-7-5-8-17(13-16)25-14-20(28,26-11-3-1-2-10-19(25)26)15-6-4-9-18(12-15)27(29)30;/h4-9,12-13,28H,1-3,10-11,14H2;1H/q+1;/p-1. The second-order valence-corrected chi connectivity index (χ2v) is 7.64. The highest BCUT2D eigenvalue weighted by molar-refractivity contribution is 5.96. The molecule has 0 radical (unpaired) electrons. The minimum absolute atomic E-state index is 0. The normalized spacial score (nSPS) is 21.4. The van der Waals surface area contributed by atoms with E-state index in [-0.39, 0.29) is 29.2 Å². The third-order valence-corrected chi connectivity index (χ3v) is 5.73. The van der Waals surface area contributed by atoms with Gasteiger partial charge in [-0.05, 0) is 37.5 Å². The summed E-state index contributed by atoms with van der Waals surface area (Å²) < 4.78 is 41.5. The molecule has 0 bridgehead atoms. The van der Waals surface area contributed by atoms with Crippen LogP contribution in [-0.4, -0.2) is 33.5 Å². The number of aliphatic hydroxyl groups is 1. The van der Waals surface area contributed by atoms with E-state index in [1.54, 1.807) is 21.6 Å². The van der Waals surface area contributed by atoms with Gasteiger partial charge < -0.3 is 22.1 Å². The van der Waals surface area contributed by atoms with Crippen molar-refractivity contribution in [3.05, 3.63) is 69.8 Å². The molecular weight excluding hydrogens is 479 g/mol. The number of hydrogen-bond acceptors (Lipinski definition) is 4. The van der Waals surface area contributed by atoms with Crippen molar-refractivity contribution >= 4 is 17.2 Å². The predicted molar refractivity (Wildman–Crippen MR) is 104 cm³/mol. The second kappa shape index (κ2) is 8.58. The number of rotatable bonds is 3. The molecule has 31 heavy (non-hydrogen) atoms. The maximum atomic E-state index is 13.2. The van der Waals surface area contributed by atoms with E-state index in [1.165, 1.54) is 24.3 Å². The first kappa shape index (κ1) is 23.2. The van der Waals surface area contributed by atoms with Crippen LogP contribution in [-0.2, 0) is 11.9 Å². The Morgan fingerprint density at radius 2 is 1.84 bits per heavy atom. The summed E-state index contributed by atoms with van der Waals surface area (Å²) in [6.07, 6.45) is -1.27. The molecular formula is C21H21BrF3N3O3. The number of amidine groups is 1. The van der Waals surface area contributed by atoms with Crippen LogP contribution in [0, 0.1) is 10.1 Å². The number of β-amino-alcohol motifs (C(OH)–C–C–N with tert-alkyl or cyclic N) is 1. The molecule has 0 amide bonds. The first-order valence-corrected chi connectivity index (χ1v) is 9.76. The summed E-state index contributed by atoms with van der Waals surface area (Å²) in [6.45, 7) is 0.509. The van der Waals surface area contributed by atoms with E-state index >= 15 is 0 Å². The summed E-state index contributed by atoms with van der Waals surface area (Å²) in [5, 5.41) is 22.9. The van der Waals surface area contributed by atoms with E-state index in [0.717, 1.165) is 37.2 Å². The summed E-state index contributed by atoms with van der Waals surface area (Å²) in [6, 6.07) is 10.8. The number of nitro benzene ring substituents is 1. The molecule has 10 heteroatoms. The molecule has 4 rings (SSSR count). The first-order chi connectivity index (χ1) is 14.2. The van der Waals surface area contributed by atoms with Crippen molar-refractivity contribution in [3.8, 4) is 0 Å². The van der Waals surface area contributed by atoms with Crippen LogP contribution in [0.25, 0.3) is 0 Å². The quantitative estimate of drug-likeness (QED) is 0.392. The summed E-state index contributed by atoms with van der Waals surface area (Å²) in [4.78, 5) is 12.4. The zero-order valence-electron chi connectivity index (χ0n) is 16.5. The van der Waals surface area contributed by atoms with Crippen molar-refractivity contribution < 1.29 is 44.8 Å². The Labute approximate surface area is 187 Å². The van der Waals surface area contributed by atoms with E-state index in [9.17, 15) is 28.4 Å². The molecule has 1 atom stereocenters. The molecule has 1 unspecified atom stereocenters. The molecule has 0 aliphatic carbocycles. The smallest absolute Gasteiger partial charge is 0.416 e. The van der Waals surface area contributed by atoms with Crippen LogP contribution in [0.2, 0.25) is 0 Å². The number of anilines is 1. The van der Waals surface area contributed by atoms with Gasteiger partial charge in [-0.3, -0.25) is 10.1 Å². The molecule has 2 aliphatic heterocycles. The molecule has 0 spiro atoms. The van der Waals surface area contributed by atoms with Gasteiger partial charge in [-0.15, -0.1) is 0 Å². The molecule has 166 valence electrons. The van der Waals surface area contributed by atoms with Crippen LogP contribution in [0.15, 0.2) is 48.5 Å². The van der Waals surface area contributed by atoms with Gasteiger partial charge in [0.25, 0.3) is 17.2 Å². The first-order valence-electron chi connectivity index (χ1n) is 9.76. The predicted octanol–water partition coefficient (Wildman–Crippen LogP) is 1.27. The topological polar surface area (TPSA) is 69.6 Å². The number of nitrogens with zero attached hydrogens (tertiary/aromatic N) is 3. The number of hydrogen-bond donors (Lipinski definition) is 1. The molecule has 0 saturated carbocycles. The monoisotopic (exact) mass is 499 g/mol. The SMILES string of the molecule is O=[N+]([O-])c1cccc(C2(O)CN(c3cccc(C(F)(F)F)c3)C3=[N+]2CCCCC3)c1.[Br-]. The Kier molecular flexibility index (Phi) is 6.43. The largest absolute Gasteiger partial charge is 1.00 e. The third kappa shape index (κ3) is 4.31. The molecule has 6 nitrogen and oxygen atoms in total. The van der Waals surface area contributed by atoms with E-state index in [4.69, 9.17) is 0 Å². The Hall–Kier alpha value is -2.46. The number of alkyl halides is 3. The molecule has 2 aliphatic rings. The summed E-state index contributed by atoms with van der Waals surface area (Å²) in [7, 11) is 0. The lowest BCUT2D eigenvalue weighted by Gasteiger charge is -2.23. The van der Waals surface area contributed by atoms with Gasteiger partial charge in [-0.1, -0.05) is 18.2 Å².